The van der Waals surface area contributed by atoms with Gasteiger partial charge in [-0.15, -0.1) is 0 Å². The highest BCUT2D eigenvalue weighted by Crippen LogP contribution is 2.44. The van der Waals surface area contributed by atoms with Crippen LogP contribution in [0.5, 0.6) is 0 Å². The maximum atomic E-state index is 13.6. The summed E-state index contributed by atoms with van der Waals surface area (Å²) in [5.74, 6) is -0.668. The van der Waals surface area contributed by atoms with Crippen molar-refractivity contribution in [3.63, 3.8) is 0 Å². The normalized spacial score (nSPS) is 19.5. The topological polar surface area (TPSA) is 99.1 Å². The van der Waals surface area contributed by atoms with Crippen LogP contribution >= 0.6 is 0 Å². The Morgan fingerprint density at radius 2 is 1.91 bits per heavy atom. The second-order valence-corrected chi connectivity index (χ2v) is 8.65. The Kier molecular flexibility index (Phi) is 5.82. The van der Waals surface area contributed by atoms with Gasteiger partial charge in [0.2, 0.25) is 0 Å². The van der Waals surface area contributed by atoms with Gasteiger partial charge in [-0.05, 0) is 55.8 Å². The highest BCUT2D eigenvalue weighted by Gasteiger charge is 2.38. The highest BCUT2D eigenvalue weighted by atomic mass is 19.1. The Labute approximate surface area is 190 Å². The third-order valence-corrected chi connectivity index (χ3v) is 5.75. The maximum Gasteiger partial charge on any atom is 0.260 e. The van der Waals surface area contributed by atoms with Crippen LogP contribution in [0.1, 0.15) is 35.3 Å². The smallest absolute Gasteiger partial charge is 0.260 e. The van der Waals surface area contributed by atoms with E-state index in [0.29, 0.717) is 28.1 Å². The summed E-state index contributed by atoms with van der Waals surface area (Å²) >= 11 is 0. The number of nitrogens with zero attached hydrogens (tertiary/aromatic N) is 1. The molecule has 2 amide bonds. The number of ether oxygens (including phenoxy) is 1. The van der Waals surface area contributed by atoms with Crippen molar-refractivity contribution in [1.82, 2.24) is 4.90 Å². The van der Waals surface area contributed by atoms with Crippen molar-refractivity contribution in [1.29, 1.82) is 0 Å². The number of nitrogens with one attached hydrogen (secondary N) is 1. The molecule has 0 radical (unpaired) electrons. The van der Waals surface area contributed by atoms with Gasteiger partial charge in [-0.1, -0.05) is 12.1 Å². The molecule has 0 fully saturated rings. The lowest BCUT2D eigenvalue weighted by atomic mass is 9.91. The summed E-state index contributed by atoms with van der Waals surface area (Å²) in [4.78, 5) is 26.5. The number of aliphatic hydroxyl groups excluding tert-OH is 2. The Bertz CT molecular complexity index is 1180. The minimum atomic E-state index is -0.999. The van der Waals surface area contributed by atoms with Crippen LogP contribution in [0.4, 0.5) is 10.1 Å². The molecule has 1 unspecified atom stereocenters. The number of hydrogen-bond donors (Lipinski definition) is 3. The molecule has 0 spiro atoms. The zero-order valence-corrected chi connectivity index (χ0v) is 18.6. The zero-order chi connectivity index (χ0) is 23.9. The molecule has 2 aliphatic heterocycles. The van der Waals surface area contributed by atoms with Crippen LogP contribution in [0, 0.1) is 5.82 Å². The molecule has 1 atom stereocenters. The van der Waals surface area contributed by atoms with E-state index >= 15 is 0 Å². The SMILES string of the molecule is CN(CC(O)CO)C(=O)c1ccc(C2=C/C(=C3\C(=O)Nc4cc(F)ccc43)OC2(C)C)cc1. The second-order valence-electron chi connectivity index (χ2n) is 8.65. The summed E-state index contributed by atoms with van der Waals surface area (Å²) in [5.41, 5.74) is 2.69. The molecule has 2 aromatic carbocycles. The molecule has 4 rings (SSSR count). The maximum absolute atomic E-state index is 13.6. The van der Waals surface area contributed by atoms with E-state index < -0.39 is 24.1 Å². The van der Waals surface area contributed by atoms with Crippen molar-refractivity contribution in [2.75, 3.05) is 25.5 Å². The van der Waals surface area contributed by atoms with Crippen LogP contribution < -0.4 is 5.32 Å². The molecule has 0 saturated heterocycles. The molecule has 33 heavy (non-hydrogen) atoms. The predicted octanol–water partition coefficient (Wildman–Crippen LogP) is 2.81. The minimum Gasteiger partial charge on any atom is -0.482 e. The number of anilines is 1. The van der Waals surface area contributed by atoms with Gasteiger partial charge in [0.1, 0.15) is 17.2 Å². The van der Waals surface area contributed by atoms with Crippen molar-refractivity contribution in [3.05, 3.63) is 76.8 Å². The summed E-state index contributed by atoms with van der Waals surface area (Å²) in [5, 5.41) is 21.2. The molecule has 0 saturated carbocycles. The number of carbonyl (C=O) groups excluding carboxylic acids is 2. The quantitative estimate of drug-likeness (QED) is 0.606. The third-order valence-electron chi connectivity index (χ3n) is 5.75. The summed E-state index contributed by atoms with van der Waals surface area (Å²) in [6.07, 6.45) is 0.800. The molecule has 2 aromatic rings. The van der Waals surface area contributed by atoms with Crippen LogP contribution in [0.3, 0.4) is 0 Å². The summed E-state index contributed by atoms with van der Waals surface area (Å²) in [6.45, 7) is 3.37. The van der Waals surface area contributed by atoms with Gasteiger partial charge in [0.25, 0.3) is 11.8 Å². The largest absolute Gasteiger partial charge is 0.482 e. The Morgan fingerprint density at radius 3 is 2.58 bits per heavy atom. The van der Waals surface area contributed by atoms with E-state index in [1.165, 1.54) is 17.0 Å². The van der Waals surface area contributed by atoms with E-state index in [-0.39, 0.29) is 18.4 Å². The van der Waals surface area contributed by atoms with Crippen molar-refractivity contribution < 1.29 is 28.9 Å². The van der Waals surface area contributed by atoms with Crippen molar-refractivity contribution in [2.24, 2.45) is 0 Å². The van der Waals surface area contributed by atoms with Gasteiger partial charge in [0.05, 0.1) is 24.0 Å². The van der Waals surface area contributed by atoms with Gasteiger partial charge in [0.15, 0.2) is 0 Å². The van der Waals surface area contributed by atoms with Gasteiger partial charge in [-0.2, -0.15) is 0 Å². The summed E-state index contributed by atoms with van der Waals surface area (Å²) in [7, 11) is 1.56. The van der Waals surface area contributed by atoms with Crippen molar-refractivity contribution >= 4 is 28.6 Å². The number of likely N-dealkylation sites (N-methyl/N-ethyl adjacent to an activating group) is 1. The first kappa shape index (κ1) is 22.7. The number of benzene rings is 2. The molecule has 7 nitrogen and oxygen atoms in total. The lowest BCUT2D eigenvalue weighted by molar-refractivity contribution is -0.111. The van der Waals surface area contributed by atoms with E-state index in [4.69, 9.17) is 9.84 Å². The molecule has 2 aliphatic rings. The van der Waals surface area contributed by atoms with E-state index in [1.54, 1.807) is 43.5 Å². The lowest BCUT2D eigenvalue weighted by Gasteiger charge is -2.24. The van der Waals surface area contributed by atoms with Gasteiger partial charge >= 0.3 is 0 Å². The number of hydrogen-bond acceptors (Lipinski definition) is 5. The number of aliphatic hydroxyl groups is 2. The van der Waals surface area contributed by atoms with Crippen LogP contribution in [-0.2, 0) is 9.53 Å². The van der Waals surface area contributed by atoms with E-state index in [2.05, 4.69) is 5.32 Å². The number of amides is 2. The zero-order valence-electron chi connectivity index (χ0n) is 18.6. The van der Waals surface area contributed by atoms with Crippen molar-refractivity contribution in [3.8, 4) is 0 Å². The Balaban J connectivity index is 1.64. The summed E-state index contributed by atoms with van der Waals surface area (Å²) in [6, 6.07) is 11.1. The van der Waals surface area contributed by atoms with Crippen LogP contribution in [0.15, 0.2) is 54.3 Å². The first-order valence-corrected chi connectivity index (χ1v) is 10.5. The second kappa shape index (κ2) is 8.46. The predicted molar refractivity (Wildman–Crippen MR) is 122 cm³/mol. The average molecular weight is 452 g/mol. The Morgan fingerprint density at radius 1 is 1.21 bits per heavy atom. The van der Waals surface area contributed by atoms with Gasteiger partial charge in [-0.25, -0.2) is 4.39 Å². The van der Waals surface area contributed by atoms with Crippen LogP contribution in [0.25, 0.3) is 11.1 Å². The van der Waals surface area contributed by atoms with E-state index in [9.17, 15) is 19.1 Å². The highest BCUT2D eigenvalue weighted by molar-refractivity contribution is 6.32. The molecular weight excluding hydrogens is 427 g/mol. The first-order chi connectivity index (χ1) is 15.6. The van der Waals surface area contributed by atoms with E-state index in [0.717, 1.165) is 11.1 Å². The van der Waals surface area contributed by atoms with Crippen molar-refractivity contribution in [2.45, 2.75) is 25.6 Å². The number of halogens is 1. The number of allylic oxidation sites excluding steroid dienone is 1. The molecule has 2 heterocycles. The number of fused-ring (bicyclic) bond motifs is 1. The van der Waals surface area contributed by atoms with Gasteiger partial charge < -0.3 is 25.2 Å². The fraction of sp³-hybridized carbons (Fsp3) is 0.280. The molecular formula is C25H25FN2O5. The molecule has 0 aromatic heterocycles. The molecule has 8 heteroatoms. The standard InChI is InChI=1S/C25H25FN2O5/c1-25(2)19(14-4-6-15(7-5-14)24(32)28(3)12-17(30)13-29)11-21(33-25)22-18-9-8-16(26)10-20(18)27-23(22)31/h4-11,17,29-30H,12-13H2,1-3H3,(H,27,31)/b22-21+. The molecule has 3 N–H and O–H groups in total. The molecule has 0 aliphatic carbocycles. The monoisotopic (exact) mass is 452 g/mol. The minimum absolute atomic E-state index is 0.0213. The van der Waals surface area contributed by atoms with Crippen LogP contribution in [-0.4, -0.2) is 58.8 Å². The lowest BCUT2D eigenvalue weighted by Crippen LogP contribution is -2.35. The average Bonchev–Trinajstić information content (AvgIpc) is 3.27. The fourth-order valence-corrected chi connectivity index (χ4v) is 4.08. The number of rotatable bonds is 5. The number of carbonyl (C=O) groups is 2. The van der Waals surface area contributed by atoms with E-state index in [1.807, 2.05) is 13.8 Å². The molecule has 172 valence electrons. The fourth-order valence-electron chi connectivity index (χ4n) is 4.08. The Hall–Kier alpha value is -3.49. The first-order valence-electron chi connectivity index (χ1n) is 10.5. The third kappa shape index (κ3) is 4.27. The van der Waals surface area contributed by atoms with Gasteiger partial charge in [0, 0.05) is 30.3 Å². The summed E-state index contributed by atoms with van der Waals surface area (Å²) < 4.78 is 19.7. The molecule has 0 bridgehead atoms. The van der Waals surface area contributed by atoms with Crippen LogP contribution in [0.2, 0.25) is 0 Å². The van der Waals surface area contributed by atoms with Gasteiger partial charge in [-0.3, -0.25) is 9.59 Å².